The standard InChI is InChI=1S/C12H22N2O/c1-3-9-14(4-2)11(15)12(10-13)7-5-6-8-12/h3H,1,4-10,13H2,2H3. The molecule has 0 heterocycles. The number of amides is 1. The van der Waals surface area contributed by atoms with Gasteiger partial charge in [-0.25, -0.2) is 0 Å². The normalized spacial score (nSPS) is 18.8. The number of hydrogen-bond donors (Lipinski definition) is 1. The molecule has 1 saturated carbocycles. The first-order chi connectivity index (χ1) is 7.20. The molecular formula is C12H22N2O. The maximum Gasteiger partial charge on any atom is 0.230 e. The molecule has 1 aliphatic rings. The molecule has 0 aromatic carbocycles. The zero-order valence-electron chi connectivity index (χ0n) is 9.67. The topological polar surface area (TPSA) is 46.3 Å². The van der Waals surface area contributed by atoms with E-state index in [0.29, 0.717) is 13.1 Å². The van der Waals surface area contributed by atoms with E-state index < -0.39 is 0 Å². The summed E-state index contributed by atoms with van der Waals surface area (Å²) in [5.74, 6) is 0.227. The number of carbonyl (C=O) groups is 1. The maximum atomic E-state index is 12.3. The fraction of sp³-hybridized carbons (Fsp3) is 0.750. The summed E-state index contributed by atoms with van der Waals surface area (Å²) < 4.78 is 0. The molecule has 0 spiro atoms. The lowest BCUT2D eigenvalue weighted by Crippen LogP contribution is -2.46. The van der Waals surface area contributed by atoms with Crippen LogP contribution in [-0.4, -0.2) is 30.4 Å². The number of nitrogens with zero attached hydrogens (tertiary/aromatic N) is 1. The molecule has 3 heteroatoms. The minimum Gasteiger partial charge on any atom is -0.339 e. The molecule has 0 unspecified atom stereocenters. The summed E-state index contributed by atoms with van der Waals surface area (Å²) in [5.41, 5.74) is 5.52. The lowest BCUT2D eigenvalue weighted by atomic mass is 9.84. The predicted molar refractivity (Wildman–Crippen MR) is 62.4 cm³/mol. The van der Waals surface area contributed by atoms with Crippen LogP contribution in [-0.2, 0) is 4.79 Å². The van der Waals surface area contributed by atoms with Crippen LogP contribution in [0.25, 0.3) is 0 Å². The molecule has 0 aromatic rings. The van der Waals surface area contributed by atoms with Gasteiger partial charge in [-0.05, 0) is 19.8 Å². The van der Waals surface area contributed by atoms with Crippen molar-refractivity contribution in [3.05, 3.63) is 12.7 Å². The number of likely N-dealkylation sites (N-methyl/N-ethyl adjacent to an activating group) is 1. The van der Waals surface area contributed by atoms with E-state index in [1.54, 1.807) is 6.08 Å². The third-order valence-electron chi connectivity index (χ3n) is 3.42. The second kappa shape index (κ2) is 5.31. The van der Waals surface area contributed by atoms with Gasteiger partial charge in [-0.15, -0.1) is 6.58 Å². The molecule has 1 rings (SSSR count). The van der Waals surface area contributed by atoms with Gasteiger partial charge in [0.25, 0.3) is 0 Å². The Morgan fingerprint density at radius 2 is 2.13 bits per heavy atom. The summed E-state index contributed by atoms with van der Waals surface area (Å²) >= 11 is 0. The summed E-state index contributed by atoms with van der Waals surface area (Å²) in [6.07, 6.45) is 5.95. The van der Waals surface area contributed by atoms with Gasteiger partial charge in [0.1, 0.15) is 0 Å². The second-order valence-corrected chi connectivity index (χ2v) is 4.32. The van der Waals surface area contributed by atoms with Crippen molar-refractivity contribution in [3.63, 3.8) is 0 Å². The van der Waals surface area contributed by atoms with Crippen molar-refractivity contribution in [1.82, 2.24) is 4.90 Å². The first-order valence-corrected chi connectivity index (χ1v) is 5.80. The fourth-order valence-electron chi connectivity index (χ4n) is 2.40. The zero-order valence-corrected chi connectivity index (χ0v) is 9.67. The van der Waals surface area contributed by atoms with E-state index >= 15 is 0 Å². The average molecular weight is 210 g/mol. The van der Waals surface area contributed by atoms with E-state index in [4.69, 9.17) is 5.73 Å². The quantitative estimate of drug-likeness (QED) is 0.700. The molecule has 1 fully saturated rings. The van der Waals surface area contributed by atoms with E-state index in [1.165, 1.54) is 0 Å². The Kier molecular flexibility index (Phi) is 4.33. The van der Waals surface area contributed by atoms with Gasteiger partial charge >= 0.3 is 0 Å². The lowest BCUT2D eigenvalue weighted by Gasteiger charge is -2.32. The van der Waals surface area contributed by atoms with Crippen LogP contribution < -0.4 is 5.73 Å². The molecule has 0 aromatic heterocycles. The van der Waals surface area contributed by atoms with Crippen molar-refractivity contribution in [2.75, 3.05) is 19.6 Å². The smallest absolute Gasteiger partial charge is 0.230 e. The van der Waals surface area contributed by atoms with Gasteiger partial charge < -0.3 is 10.6 Å². The number of hydrogen-bond acceptors (Lipinski definition) is 2. The maximum absolute atomic E-state index is 12.3. The molecule has 0 atom stereocenters. The Labute approximate surface area is 92.3 Å². The summed E-state index contributed by atoms with van der Waals surface area (Å²) in [5, 5.41) is 0. The van der Waals surface area contributed by atoms with Gasteiger partial charge in [-0.3, -0.25) is 4.79 Å². The molecule has 1 amide bonds. The van der Waals surface area contributed by atoms with Crippen molar-refractivity contribution in [1.29, 1.82) is 0 Å². The Bertz CT molecular complexity index is 232. The molecule has 2 N–H and O–H groups in total. The first-order valence-electron chi connectivity index (χ1n) is 5.80. The van der Waals surface area contributed by atoms with Crippen LogP contribution in [0.5, 0.6) is 0 Å². The van der Waals surface area contributed by atoms with Crippen molar-refractivity contribution >= 4 is 5.91 Å². The van der Waals surface area contributed by atoms with Crippen molar-refractivity contribution < 1.29 is 4.79 Å². The van der Waals surface area contributed by atoms with Gasteiger partial charge in [0.15, 0.2) is 0 Å². The lowest BCUT2D eigenvalue weighted by molar-refractivity contribution is -0.140. The Balaban J connectivity index is 2.74. The molecule has 0 aliphatic heterocycles. The molecule has 0 radical (unpaired) electrons. The average Bonchev–Trinajstić information content (AvgIpc) is 2.74. The Morgan fingerprint density at radius 3 is 2.53 bits per heavy atom. The molecule has 1 aliphatic carbocycles. The van der Waals surface area contributed by atoms with Crippen LogP contribution in [0.1, 0.15) is 32.6 Å². The monoisotopic (exact) mass is 210 g/mol. The van der Waals surface area contributed by atoms with Crippen molar-refractivity contribution in [2.45, 2.75) is 32.6 Å². The summed E-state index contributed by atoms with van der Waals surface area (Å²) in [6.45, 7) is 7.55. The molecular weight excluding hydrogens is 188 g/mol. The molecule has 0 bridgehead atoms. The highest BCUT2D eigenvalue weighted by atomic mass is 16.2. The largest absolute Gasteiger partial charge is 0.339 e. The highest BCUT2D eigenvalue weighted by Crippen LogP contribution is 2.38. The highest BCUT2D eigenvalue weighted by Gasteiger charge is 2.41. The molecule has 3 nitrogen and oxygen atoms in total. The summed E-state index contributed by atoms with van der Waals surface area (Å²) in [7, 11) is 0. The van der Waals surface area contributed by atoms with Crippen LogP contribution in [0.2, 0.25) is 0 Å². The summed E-state index contributed by atoms with van der Waals surface area (Å²) in [4.78, 5) is 14.2. The highest BCUT2D eigenvalue weighted by molar-refractivity contribution is 5.83. The third kappa shape index (κ3) is 2.40. The van der Waals surface area contributed by atoms with Gasteiger partial charge in [0, 0.05) is 19.6 Å². The SMILES string of the molecule is C=CCN(CC)C(=O)C1(CN)CCCC1. The van der Waals surface area contributed by atoms with Crippen LogP contribution in [0.3, 0.4) is 0 Å². The number of nitrogens with two attached hydrogens (primary N) is 1. The molecule has 15 heavy (non-hydrogen) atoms. The van der Waals surface area contributed by atoms with Crippen LogP contribution >= 0.6 is 0 Å². The van der Waals surface area contributed by atoms with Crippen molar-refractivity contribution in [3.8, 4) is 0 Å². The Hall–Kier alpha value is -0.830. The van der Waals surface area contributed by atoms with E-state index in [0.717, 1.165) is 32.2 Å². The van der Waals surface area contributed by atoms with Gasteiger partial charge in [0.2, 0.25) is 5.91 Å². The van der Waals surface area contributed by atoms with Gasteiger partial charge in [-0.2, -0.15) is 0 Å². The number of rotatable bonds is 5. The van der Waals surface area contributed by atoms with Gasteiger partial charge in [-0.1, -0.05) is 18.9 Å². The minimum atomic E-state index is -0.265. The van der Waals surface area contributed by atoms with E-state index in [2.05, 4.69) is 6.58 Å². The predicted octanol–water partition coefficient (Wildman–Crippen LogP) is 1.54. The molecule has 0 saturated heterocycles. The van der Waals surface area contributed by atoms with Crippen LogP contribution in [0, 0.1) is 5.41 Å². The minimum absolute atomic E-state index is 0.227. The Morgan fingerprint density at radius 1 is 1.53 bits per heavy atom. The van der Waals surface area contributed by atoms with Crippen LogP contribution in [0.4, 0.5) is 0 Å². The third-order valence-corrected chi connectivity index (χ3v) is 3.42. The summed E-state index contributed by atoms with van der Waals surface area (Å²) in [6, 6.07) is 0. The van der Waals surface area contributed by atoms with Crippen LogP contribution in [0.15, 0.2) is 12.7 Å². The number of carbonyl (C=O) groups excluding carboxylic acids is 1. The van der Waals surface area contributed by atoms with E-state index in [-0.39, 0.29) is 11.3 Å². The van der Waals surface area contributed by atoms with E-state index in [9.17, 15) is 4.79 Å². The first kappa shape index (κ1) is 12.2. The van der Waals surface area contributed by atoms with E-state index in [1.807, 2.05) is 11.8 Å². The van der Waals surface area contributed by atoms with Crippen molar-refractivity contribution in [2.24, 2.45) is 11.1 Å². The second-order valence-electron chi connectivity index (χ2n) is 4.32. The van der Waals surface area contributed by atoms with Gasteiger partial charge in [0.05, 0.1) is 5.41 Å². The molecule has 86 valence electrons. The fourth-order valence-corrected chi connectivity index (χ4v) is 2.40. The zero-order chi connectivity index (χ0) is 11.3.